The van der Waals surface area contributed by atoms with Crippen molar-refractivity contribution in [1.82, 2.24) is 0 Å². The number of halogens is 6. The Morgan fingerprint density at radius 2 is 1.62 bits per heavy atom. The maximum absolute atomic E-state index is 6.52. The Morgan fingerprint density at radius 3 is 2.00 bits per heavy atom. The Hall–Kier alpha value is 1.44. The van der Waals surface area contributed by atoms with Crippen LogP contribution in [0.3, 0.4) is 0 Å². The van der Waals surface area contributed by atoms with E-state index in [-0.39, 0.29) is 22.1 Å². The fourth-order valence-corrected chi connectivity index (χ4v) is 5.48. The topological polar surface area (TPSA) is 12.5 Å². The van der Waals surface area contributed by atoms with E-state index in [1.807, 2.05) is 0 Å². The van der Waals surface area contributed by atoms with Crippen molar-refractivity contribution in [2.24, 2.45) is 5.92 Å². The second kappa shape index (κ2) is 3.30. The van der Waals surface area contributed by atoms with Gasteiger partial charge in [0.1, 0.15) is 9.75 Å². The van der Waals surface area contributed by atoms with Crippen LogP contribution in [0.4, 0.5) is 0 Å². The van der Waals surface area contributed by atoms with Crippen LogP contribution in [0.15, 0.2) is 10.1 Å². The molecule has 0 unspecified atom stereocenters. The number of fused-ring (bicyclic) bond motifs is 2. The monoisotopic (exact) mass is 340 g/mol. The van der Waals surface area contributed by atoms with Crippen molar-refractivity contribution in [3.8, 4) is 0 Å². The van der Waals surface area contributed by atoms with Crippen molar-refractivity contribution in [2.45, 2.75) is 26.6 Å². The first-order valence-electron chi connectivity index (χ1n) is 4.70. The first-order chi connectivity index (χ1) is 7.27. The Balaban J connectivity index is 2.18. The van der Waals surface area contributed by atoms with Crippen molar-refractivity contribution in [1.29, 1.82) is 0 Å². The van der Waals surface area contributed by atoms with E-state index in [0.29, 0.717) is 13.0 Å². The number of rotatable bonds is 1. The number of hydrogen-bond donors (Lipinski definition) is 0. The molecule has 0 aromatic heterocycles. The Morgan fingerprint density at radius 1 is 1.06 bits per heavy atom. The van der Waals surface area contributed by atoms with Crippen LogP contribution in [0.2, 0.25) is 0 Å². The van der Waals surface area contributed by atoms with Crippen LogP contribution in [-0.2, 0) is 4.74 Å². The quantitative estimate of drug-likeness (QED) is 0.513. The van der Waals surface area contributed by atoms with Gasteiger partial charge < -0.3 is 4.74 Å². The van der Waals surface area contributed by atoms with Gasteiger partial charge in [0.25, 0.3) is 0 Å². The number of alkyl halides is 4. The molecule has 4 atom stereocenters. The van der Waals surface area contributed by atoms with Gasteiger partial charge in [0.2, 0.25) is 0 Å². The lowest BCUT2D eigenvalue weighted by molar-refractivity contribution is 0.306. The molecular formula is C9H6Cl6O. The zero-order valence-corrected chi connectivity index (χ0v) is 12.3. The highest BCUT2D eigenvalue weighted by Crippen LogP contribution is 2.75. The van der Waals surface area contributed by atoms with Gasteiger partial charge in [0.15, 0.2) is 4.33 Å². The molecule has 1 saturated carbocycles. The minimum atomic E-state index is -1.41. The summed E-state index contributed by atoms with van der Waals surface area (Å²) in [5.74, 6) is -0.100. The highest BCUT2D eigenvalue weighted by molar-refractivity contribution is 6.65. The summed E-state index contributed by atoms with van der Waals surface area (Å²) in [6.45, 7) is 0.637. The second-order valence-electron chi connectivity index (χ2n) is 4.40. The van der Waals surface area contributed by atoms with Crippen LogP contribution in [0.5, 0.6) is 0 Å². The van der Waals surface area contributed by atoms with E-state index >= 15 is 0 Å². The third kappa shape index (κ3) is 1.13. The first kappa shape index (κ1) is 12.5. The maximum Gasteiger partial charge on any atom is 0.166 e. The average molecular weight is 343 g/mol. The molecule has 1 saturated heterocycles. The Labute approximate surface area is 123 Å². The summed E-state index contributed by atoms with van der Waals surface area (Å²) in [6, 6.07) is 0. The van der Waals surface area contributed by atoms with E-state index in [0.717, 1.165) is 0 Å². The van der Waals surface area contributed by atoms with Crippen LogP contribution < -0.4 is 0 Å². The zero-order chi connectivity index (χ0) is 11.9. The van der Waals surface area contributed by atoms with Crippen molar-refractivity contribution in [3.63, 3.8) is 0 Å². The summed E-state index contributed by atoms with van der Waals surface area (Å²) < 4.78 is 3.84. The third-order valence-electron chi connectivity index (χ3n) is 3.63. The summed E-state index contributed by atoms with van der Waals surface area (Å²) in [6.07, 6.45) is 0.499. The molecule has 2 bridgehead atoms. The molecule has 0 radical (unpaired) electrons. The van der Waals surface area contributed by atoms with E-state index in [9.17, 15) is 0 Å². The van der Waals surface area contributed by atoms with Gasteiger partial charge in [0, 0.05) is 5.92 Å². The molecule has 0 spiro atoms. The average Bonchev–Trinajstić information content (AvgIpc) is 2.99. The van der Waals surface area contributed by atoms with E-state index in [4.69, 9.17) is 74.3 Å². The molecule has 1 heterocycles. The fourth-order valence-electron chi connectivity index (χ4n) is 2.63. The standard InChI is InChI=1S/C9H6Cl6O/c10-5-6(11)8(13)3(4-2-16-4)1-7(5,12)9(8,14)15/h3-4H,1-2H2/t3-,4-,7-,8+/m0/s1. The van der Waals surface area contributed by atoms with Crippen molar-refractivity contribution in [3.05, 3.63) is 10.1 Å². The molecule has 0 aromatic rings. The highest BCUT2D eigenvalue weighted by atomic mass is 35.5. The van der Waals surface area contributed by atoms with Crippen molar-refractivity contribution < 1.29 is 4.74 Å². The molecule has 2 aliphatic carbocycles. The summed E-state index contributed by atoms with van der Waals surface area (Å²) in [7, 11) is 0. The lowest BCUT2D eigenvalue weighted by Crippen LogP contribution is -2.45. The van der Waals surface area contributed by atoms with Gasteiger partial charge in [-0.1, -0.05) is 46.4 Å². The van der Waals surface area contributed by atoms with Crippen LogP contribution in [0.1, 0.15) is 6.42 Å². The lowest BCUT2D eigenvalue weighted by atomic mass is 9.89. The van der Waals surface area contributed by atoms with Gasteiger partial charge in [-0.2, -0.15) is 0 Å². The summed E-state index contributed by atoms with van der Waals surface area (Å²) >= 11 is 37.8. The molecule has 90 valence electrons. The fraction of sp³-hybridized carbons (Fsp3) is 0.778. The molecule has 0 amide bonds. The summed E-state index contributed by atoms with van der Waals surface area (Å²) in [4.78, 5) is -2.25. The maximum atomic E-state index is 6.52. The van der Waals surface area contributed by atoms with Crippen molar-refractivity contribution >= 4 is 69.6 Å². The van der Waals surface area contributed by atoms with Crippen molar-refractivity contribution in [2.75, 3.05) is 6.61 Å². The molecule has 1 aliphatic heterocycles. The van der Waals surface area contributed by atoms with E-state index < -0.39 is 14.1 Å². The van der Waals surface area contributed by atoms with Gasteiger partial charge in [0.05, 0.1) is 22.8 Å². The zero-order valence-electron chi connectivity index (χ0n) is 7.74. The minimum Gasteiger partial charge on any atom is -0.373 e. The van der Waals surface area contributed by atoms with E-state index in [1.54, 1.807) is 0 Å². The molecule has 1 nitrogen and oxygen atoms in total. The van der Waals surface area contributed by atoms with Crippen LogP contribution in [-0.4, -0.2) is 26.8 Å². The predicted octanol–water partition coefficient (Wildman–Crippen LogP) is 4.24. The Kier molecular flexibility index (Phi) is 2.58. The normalized spacial score (nSPS) is 53.6. The minimum absolute atomic E-state index is 0.0218. The van der Waals surface area contributed by atoms with Crippen LogP contribution in [0, 0.1) is 5.92 Å². The van der Waals surface area contributed by atoms with Gasteiger partial charge >= 0.3 is 0 Å². The number of ether oxygens (including phenoxy) is 1. The van der Waals surface area contributed by atoms with Crippen LogP contribution >= 0.6 is 69.6 Å². The highest BCUT2D eigenvalue weighted by Gasteiger charge is 2.80. The molecule has 2 fully saturated rings. The molecule has 7 heteroatoms. The number of allylic oxidation sites excluding steroid dienone is 2. The molecular weight excluding hydrogens is 337 g/mol. The molecule has 16 heavy (non-hydrogen) atoms. The number of hydrogen-bond acceptors (Lipinski definition) is 1. The van der Waals surface area contributed by atoms with E-state index in [2.05, 4.69) is 0 Å². The van der Waals surface area contributed by atoms with Gasteiger partial charge in [-0.05, 0) is 6.42 Å². The lowest BCUT2D eigenvalue weighted by Gasteiger charge is -2.33. The van der Waals surface area contributed by atoms with Gasteiger partial charge in [-0.25, -0.2) is 0 Å². The first-order valence-corrected chi connectivity index (χ1v) is 6.97. The predicted molar refractivity (Wildman–Crippen MR) is 68.2 cm³/mol. The van der Waals surface area contributed by atoms with Gasteiger partial charge in [-0.15, -0.1) is 23.2 Å². The molecule has 3 rings (SSSR count). The van der Waals surface area contributed by atoms with Crippen LogP contribution in [0.25, 0.3) is 0 Å². The largest absolute Gasteiger partial charge is 0.373 e. The third-order valence-corrected chi connectivity index (χ3v) is 7.93. The molecule has 3 aliphatic rings. The smallest absolute Gasteiger partial charge is 0.166 e. The summed E-state index contributed by atoms with van der Waals surface area (Å²) in [5.41, 5.74) is 0. The summed E-state index contributed by atoms with van der Waals surface area (Å²) in [5, 5.41) is 0.510. The SMILES string of the molecule is ClC1=C(Cl)[C@]2(Cl)[C@H]([C@@H]3CO3)C[C@@]1(Cl)C2(Cl)Cl. The second-order valence-corrected chi connectivity index (χ2v) is 7.72. The molecule has 0 N–H and O–H groups in total. The molecule has 0 aromatic carbocycles. The number of epoxide rings is 1. The van der Waals surface area contributed by atoms with Gasteiger partial charge in [-0.3, -0.25) is 0 Å². The van der Waals surface area contributed by atoms with E-state index in [1.165, 1.54) is 0 Å². The Bertz CT molecular complexity index is 403.